The Balaban J connectivity index is 3.84. The van der Waals surface area contributed by atoms with E-state index in [1.807, 2.05) is 27.7 Å². The van der Waals surface area contributed by atoms with Crippen molar-refractivity contribution < 1.29 is 0 Å². The van der Waals surface area contributed by atoms with E-state index in [1.54, 1.807) is 6.21 Å². The van der Waals surface area contributed by atoms with Crippen LogP contribution in [0.4, 0.5) is 0 Å². The second-order valence-corrected chi connectivity index (χ2v) is 2.16. The summed E-state index contributed by atoms with van der Waals surface area (Å²) in [6, 6.07) is 0.355. The van der Waals surface area contributed by atoms with Crippen LogP contribution in [0, 0.1) is 0 Å². The van der Waals surface area contributed by atoms with Crippen LogP contribution in [0.2, 0.25) is 0 Å². The predicted molar refractivity (Wildman–Crippen MR) is 42.4 cm³/mol. The molecule has 0 heterocycles. The van der Waals surface area contributed by atoms with Crippen LogP contribution in [0.3, 0.4) is 0 Å². The normalized spacial score (nSPS) is 13.7. The van der Waals surface area contributed by atoms with Crippen molar-refractivity contribution in [3.63, 3.8) is 0 Å². The van der Waals surface area contributed by atoms with E-state index in [9.17, 15) is 0 Å². The SMILES string of the molecule is C/C=N\C(C)=N/C(C)C. The van der Waals surface area contributed by atoms with Crippen LogP contribution < -0.4 is 0 Å². The molecule has 0 amide bonds. The maximum absolute atomic E-state index is 4.19. The van der Waals surface area contributed by atoms with Crippen molar-refractivity contribution >= 4 is 12.1 Å². The van der Waals surface area contributed by atoms with Gasteiger partial charge < -0.3 is 0 Å². The van der Waals surface area contributed by atoms with Gasteiger partial charge in [-0.3, -0.25) is 4.99 Å². The predicted octanol–water partition coefficient (Wildman–Crippen LogP) is 1.90. The molecule has 0 aromatic carbocycles. The quantitative estimate of drug-likeness (QED) is 0.378. The summed E-state index contributed by atoms with van der Waals surface area (Å²) in [5.41, 5.74) is 0. The third-order valence-corrected chi connectivity index (χ3v) is 0.761. The molecule has 0 aliphatic heterocycles. The molecule has 2 nitrogen and oxygen atoms in total. The fourth-order valence-corrected chi connectivity index (χ4v) is 0.594. The Morgan fingerprint density at radius 3 is 2.33 bits per heavy atom. The minimum absolute atomic E-state index is 0.355. The Bertz CT molecular complexity index is 123. The Hall–Kier alpha value is -0.660. The molecule has 0 unspecified atom stereocenters. The number of rotatable bonds is 1. The molecule has 0 aromatic heterocycles. The van der Waals surface area contributed by atoms with Gasteiger partial charge in [-0.2, -0.15) is 0 Å². The van der Waals surface area contributed by atoms with E-state index in [1.165, 1.54) is 0 Å². The van der Waals surface area contributed by atoms with Gasteiger partial charge in [-0.1, -0.05) is 0 Å². The van der Waals surface area contributed by atoms with Crippen molar-refractivity contribution in [3.8, 4) is 0 Å². The lowest BCUT2D eigenvalue weighted by Gasteiger charge is -1.95. The zero-order valence-electron chi connectivity index (χ0n) is 6.55. The van der Waals surface area contributed by atoms with Gasteiger partial charge in [0.05, 0.1) is 0 Å². The topological polar surface area (TPSA) is 24.7 Å². The van der Waals surface area contributed by atoms with E-state index in [-0.39, 0.29) is 0 Å². The van der Waals surface area contributed by atoms with E-state index in [0.717, 1.165) is 5.84 Å². The van der Waals surface area contributed by atoms with Gasteiger partial charge in [0.2, 0.25) is 0 Å². The number of hydrogen-bond donors (Lipinski definition) is 0. The summed E-state index contributed by atoms with van der Waals surface area (Å²) in [5.74, 6) is 0.854. The lowest BCUT2D eigenvalue weighted by molar-refractivity contribution is 0.833. The van der Waals surface area contributed by atoms with Gasteiger partial charge in [0.15, 0.2) is 0 Å². The third kappa shape index (κ3) is 5.21. The van der Waals surface area contributed by atoms with E-state index < -0.39 is 0 Å². The van der Waals surface area contributed by atoms with Crippen molar-refractivity contribution in [2.75, 3.05) is 0 Å². The third-order valence-electron chi connectivity index (χ3n) is 0.761. The molecule has 0 fully saturated rings. The van der Waals surface area contributed by atoms with Gasteiger partial charge in [0.25, 0.3) is 0 Å². The maximum atomic E-state index is 4.19. The molecule has 0 aliphatic rings. The summed E-state index contributed by atoms with van der Waals surface area (Å²) in [6.45, 7) is 7.86. The average Bonchev–Trinajstić information content (AvgIpc) is 1.63. The van der Waals surface area contributed by atoms with Crippen LogP contribution in [0.5, 0.6) is 0 Å². The zero-order chi connectivity index (χ0) is 7.28. The minimum Gasteiger partial charge on any atom is -0.268 e. The molecule has 0 atom stereocenters. The summed E-state index contributed by atoms with van der Waals surface area (Å²) in [6.07, 6.45) is 1.75. The van der Waals surface area contributed by atoms with Gasteiger partial charge in [-0.05, 0) is 27.7 Å². The minimum atomic E-state index is 0.355. The summed E-state index contributed by atoms with van der Waals surface area (Å²) in [7, 11) is 0. The molecule has 0 saturated heterocycles. The monoisotopic (exact) mass is 126 g/mol. The van der Waals surface area contributed by atoms with Crippen LogP contribution in [0.1, 0.15) is 27.7 Å². The Morgan fingerprint density at radius 1 is 1.44 bits per heavy atom. The van der Waals surface area contributed by atoms with E-state index >= 15 is 0 Å². The summed E-state index contributed by atoms with van der Waals surface area (Å²) < 4.78 is 0. The first-order chi connectivity index (χ1) is 4.16. The summed E-state index contributed by atoms with van der Waals surface area (Å²) in [4.78, 5) is 8.18. The van der Waals surface area contributed by atoms with Gasteiger partial charge in [0, 0.05) is 12.3 Å². The average molecular weight is 126 g/mol. The molecule has 0 aliphatic carbocycles. The van der Waals surface area contributed by atoms with Gasteiger partial charge in [-0.25, -0.2) is 4.99 Å². The molecule has 0 bridgehead atoms. The second kappa shape index (κ2) is 4.24. The highest BCUT2D eigenvalue weighted by Crippen LogP contribution is 1.87. The van der Waals surface area contributed by atoms with E-state index in [2.05, 4.69) is 9.98 Å². The number of amidine groups is 1. The summed E-state index contributed by atoms with van der Waals surface area (Å²) >= 11 is 0. The highest BCUT2D eigenvalue weighted by atomic mass is 14.9. The van der Waals surface area contributed by atoms with Crippen LogP contribution >= 0.6 is 0 Å². The molecule has 0 radical (unpaired) electrons. The first kappa shape index (κ1) is 8.34. The first-order valence-corrected chi connectivity index (χ1v) is 3.20. The van der Waals surface area contributed by atoms with Crippen molar-refractivity contribution in [1.29, 1.82) is 0 Å². The van der Waals surface area contributed by atoms with Crippen molar-refractivity contribution in [2.24, 2.45) is 9.98 Å². The highest BCUT2D eigenvalue weighted by molar-refractivity contribution is 5.87. The van der Waals surface area contributed by atoms with Gasteiger partial charge >= 0.3 is 0 Å². The zero-order valence-corrected chi connectivity index (χ0v) is 6.55. The molecular weight excluding hydrogens is 112 g/mol. The van der Waals surface area contributed by atoms with E-state index in [0.29, 0.717) is 6.04 Å². The second-order valence-electron chi connectivity index (χ2n) is 2.16. The Morgan fingerprint density at radius 2 is 2.00 bits per heavy atom. The highest BCUT2D eigenvalue weighted by Gasteiger charge is 1.86. The molecule has 52 valence electrons. The number of aliphatic imine (C=N–C) groups is 2. The fourth-order valence-electron chi connectivity index (χ4n) is 0.594. The molecular formula is C7H14N2. The van der Waals surface area contributed by atoms with Gasteiger partial charge in [-0.15, -0.1) is 0 Å². The van der Waals surface area contributed by atoms with Crippen LogP contribution in [-0.2, 0) is 0 Å². The smallest absolute Gasteiger partial charge is 0.119 e. The molecule has 0 aromatic rings. The van der Waals surface area contributed by atoms with Crippen LogP contribution in [0.25, 0.3) is 0 Å². The Kier molecular flexibility index (Phi) is 3.93. The fraction of sp³-hybridized carbons (Fsp3) is 0.714. The first-order valence-electron chi connectivity index (χ1n) is 3.20. The summed E-state index contributed by atoms with van der Waals surface area (Å²) in [5, 5.41) is 0. The molecule has 9 heavy (non-hydrogen) atoms. The lowest BCUT2D eigenvalue weighted by atomic mass is 10.4. The molecule has 2 heteroatoms. The largest absolute Gasteiger partial charge is 0.268 e. The van der Waals surface area contributed by atoms with Crippen molar-refractivity contribution in [1.82, 2.24) is 0 Å². The van der Waals surface area contributed by atoms with Crippen LogP contribution in [-0.4, -0.2) is 18.1 Å². The van der Waals surface area contributed by atoms with E-state index in [4.69, 9.17) is 0 Å². The van der Waals surface area contributed by atoms with Crippen LogP contribution in [0.15, 0.2) is 9.98 Å². The molecule has 0 N–H and O–H groups in total. The molecule has 0 rings (SSSR count). The van der Waals surface area contributed by atoms with Crippen molar-refractivity contribution in [3.05, 3.63) is 0 Å². The van der Waals surface area contributed by atoms with Crippen molar-refractivity contribution in [2.45, 2.75) is 33.7 Å². The maximum Gasteiger partial charge on any atom is 0.119 e. The molecule has 0 saturated carbocycles. The number of hydrogen-bond acceptors (Lipinski definition) is 1. The number of nitrogens with zero attached hydrogens (tertiary/aromatic N) is 2. The lowest BCUT2D eigenvalue weighted by Crippen LogP contribution is -1.94. The standard InChI is InChI=1S/C7H14N2/c1-5-8-7(4)9-6(2)3/h5-6H,1-4H3/b8-5-,9-7-. The Labute approximate surface area is 56.7 Å². The molecule has 0 spiro atoms. The van der Waals surface area contributed by atoms with Gasteiger partial charge in [0.1, 0.15) is 5.84 Å².